The average Bonchev–Trinajstić information content (AvgIpc) is 3.54. The number of nitrogens with one attached hydrogen (secondary N) is 1. The molecule has 4 rings (SSSR count). The number of hydrogen-bond acceptors (Lipinski definition) is 4. The molecule has 2 aromatic carbocycles. The average molecular weight is 405 g/mol. The Bertz CT molecular complexity index is 1080. The first-order chi connectivity index (χ1) is 14.4. The molecule has 3 aromatic rings. The maximum absolute atomic E-state index is 11.3. The van der Waals surface area contributed by atoms with Gasteiger partial charge in [0.2, 0.25) is 11.8 Å². The van der Waals surface area contributed by atoms with E-state index in [-0.39, 0.29) is 18.1 Å². The van der Waals surface area contributed by atoms with Gasteiger partial charge in [-0.3, -0.25) is 4.79 Å². The van der Waals surface area contributed by atoms with Crippen LogP contribution in [0.1, 0.15) is 50.8 Å². The molecule has 0 bridgehead atoms. The quantitative estimate of drug-likeness (QED) is 0.548. The number of fused-ring (bicyclic) bond motifs is 1. The smallest absolute Gasteiger partial charge is 0.219 e. The van der Waals surface area contributed by atoms with Crippen molar-refractivity contribution in [2.45, 2.75) is 52.7 Å². The third-order valence-corrected chi connectivity index (χ3v) is 5.58. The second kappa shape index (κ2) is 8.34. The summed E-state index contributed by atoms with van der Waals surface area (Å²) in [5.41, 5.74) is 2.90. The largest absolute Gasteiger partial charge is 0.490 e. The molecule has 1 heterocycles. The Labute approximate surface area is 177 Å². The molecular weight excluding hydrogens is 376 g/mol. The Balaban J connectivity index is 1.48. The van der Waals surface area contributed by atoms with Gasteiger partial charge in [0.15, 0.2) is 0 Å². The van der Waals surface area contributed by atoms with Crippen LogP contribution >= 0.6 is 0 Å². The topological polar surface area (TPSA) is 60.5 Å². The Kier molecular flexibility index (Phi) is 5.62. The van der Waals surface area contributed by atoms with E-state index in [2.05, 4.69) is 17.2 Å². The molecule has 2 atom stereocenters. The number of benzene rings is 2. The van der Waals surface area contributed by atoms with Crippen molar-refractivity contribution < 1.29 is 14.3 Å². The number of carbonyl (C=O) groups excluding carboxylic acids is 1. The number of hydrogen-bond donors (Lipinski definition) is 1. The summed E-state index contributed by atoms with van der Waals surface area (Å²) in [6.45, 7) is 7.64. The Morgan fingerprint density at radius 2 is 1.90 bits per heavy atom. The highest BCUT2D eigenvalue weighted by Gasteiger charge is 2.29. The molecule has 0 spiro atoms. The van der Waals surface area contributed by atoms with Crippen molar-refractivity contribution in [2.75, 3.05) is 0 Å². The maximum Gasteiger partial charge on any atom is 0.219 e. The van der Waals surface area contributed by atoms with Gasteiger partial charge in [-0.15, -0.1) is 0 Å². The maximum atomic E-state index is 11.3. The highest BCUT2D eigenvalue weighted by atomic mass is 16.5. The summed E-state index contributed by atoms with van der Waals surface area (Å²) in [7, 11) is 0. The van der Waals surface area contributed by atoms with Crippen molar-refractivity contribution >= 4 is 16.8 Å². The van der Waals surface area contributed by atoms with Gasteiger partial charge in [0.1, 0.15) is 11.5 Å². The predicted molar refractivity (Wildman–Crippen MR) is 118 cm³/mol. The molecule has 1 aromatic heterocycles. The Hall–Kier alpha value is -3.08. The molecule has 1 aliphatic rings. The molecule has 5 nitrogen and oxygen atoms in total. The lowest BCUT2D eigenvalue weighted by Gasteiger charge is -2.16. The minimum Gasteiger partial charge on any atom is -0.490 e. The number of aryl methyl sites for hydroxylation is 1. The molecule has 0 saturated heterocycles. The van der Waals surface area contributed by atoms with Crippen LogP contribution < -0.4 is 14.8 Å². The fourth-order valence-corrected chi connectivity index (χ4v) is 3.64. The number of aromatic nitrogens is 1. The van der Waals surface area contributed by atoms with Crippen molar-refractivity contribution in [2.24, 2.45) is 5.92 Å². The van der Waals surface area contributed by atoms with Gasteiger partial charge in [-0.05, 0) is 87.1 Å². The van der Waals surface area contributed by atoms with Gasteiger partial charge in [-0.25, -0.2) is 4.98 Å². The molecule has 0 aliphatic heterocycles. The van der Waals surface area contributed by atoms with Gasteiger partial charge in [0.05, 0.1) is 17.7 Å². The van der Waals surface area contributed by atoms with Crippen LogP contribution in [-0.2, 0) is 4.79 Å². The molecule has 1 fully saturated rings. The highest BCUT2D eigenvalue weighted by molar-refractivity contribution is 5.80. The van der Waals surface area contributed by atoms with E-state index in [9.17, 15) is 4.79 Å². The minimum absolute atomic E-state index is 0.0433. The summed E-state index contributed by atoms with van der Waals surface area (Å²) < 4.78 is 12.1. The zero-order valence-corrected chi connectivity index (χ0v) is 17.9. The third-order valence-electron chi connectivity index (χ3n) is 5.58. The SMILES string of the molecule is CC(=O)NC(C)c1ccc2nc(Oc3ccc(OC(C)C4CC4)cc3C)ccc2c1. The van der Waals surface area contributed by atoms with Gasteiger partial charge in [-0.2, -0.15) is 0 Å². The lowest BCUT2D eigenvalue weighted by Crippen LogP contribution is -2.23. The Morgan fingerprint density at radius 1 is 1.10 bits per heavy atom. The van der Waals surface area contributed by atoms with Crippen molar-refractivity contribution in [1.82, 2.24) is 10.3 Å². The summed E-state index contributed by atoms with van der Waals surface area (Å²) in [6.07, 6.45) is 2.79. The van der Waals surface area contributed by atoms with Crippen molar-refractivity contribution in [3.05, 3.63) is 59.7 Å². The minimum atomic E-state index is -0.0474. The lowest BCUT2D eigenvalue weighted by molar-refractivity contribution is -0.119. The van der Waals surface area contributed by atoms with Crippen LogP contribution in [0.5, 0.6) is 17.4 Å². The molecule has 1 saturated carbocycles. The number of ether oxygens (including phenoxy) is 2. The molecule has 1 N–H and O–H groups in total. The number of amides is 1. The van der Waals surface area contributed by atoms with Crippen LogP contribution in [0.3, 0.4) is 0 Å². The van der Waals surface area contributed by atoms with E-state index in [1.807, 2.05) is 62.4 Å². The summed E-state index contributed by atoms with van der Waals surface area (Å²) in [6, 6.07) is 15.7. The van der Waals surface area contributed by atoms with Gasteiger partial charge in [0.25, 0.3) is 0 Å². The summed E-state index contributed by atoms with van der Waals surface area (Å²) in [5.74, 6) is 2.85. The van der Waals surface area contributed by atoms with Crippen LogP contribution in [0.2, 0.25) is 0 Å². The first-order valence-electron chi connectivity index (χ1n) is 10.5. The van der Waals surface area contributed by atoms with Gasteiger partial charge >= 0.3 is 0 Å². The van der Waals surface area contributed by atoms with Crippen LogP contribution in [0, 0.1) is 12.8 Å². The van der Waals surface area contributed by atoms with E-state index in [1.165, 1.54) is 19.8 Å². The molecule has 0 radical (unpaired) electrons. The fourth-order valence-electron chi connectivity index (χ4n) is 3.64. The van der Waals surface area contributed by atoms with E-state index < -0.39 is 0 Å². The lowest BCUT2D eigenvalue weighted by atomic mass is 10.1. The van der Waals surface area contributed by atoms with Crippen molar-refractivity contribution in [3.63, 3.8) is 0 Å². The van der Waals surface area contributed by atoms with Crippen LogP contribution in [0.15, 0.2) is 48.5 Å². The first kappa shape index (κ1) is 20.2. The highest BCUT2D eigenvalue weighted by Crippen LogP contribution is 2.36. The number of nitrogens with zero attached hydrogens (tertiary/aromatic N) is 1. The Morgan fingerprint density at radius 3 is 2.60 bits per heavy atom. The fraction of sp³-hybridized carbons (Fsp3) is 0.360. The predicted octanol–water partition coefficient (Wildman–Crippen LogP) is 5.71. The number of rotatable bonds is 7. The molecule has 156 valence electrons. The standard InChI is InChI=1S/C25H28N2O3/c1-15-13-22(29-17(3)19-5-6-19)9-11-24(15)30-25-12-8-21-14-20(7-10-23(21)27-25)16(2)26-18(4)28/h7-14,16-17,19H,5-6H2,1-4H3,(H,26,28). The zero-order chi connectivity index (χ0) is 21.3. The van der Waals surface area contributed by atoms with Crippen molar-refractivity contribution in [1.29, 1.82) is 0 Å². The normalized spacial score (nSPS) is 15.5. The van der Waals surface area contributed by atoms with E-state index in [1.54, 1.807) is 0 Å². The summed E-state index contributed by atoms with van der Waals surface area (Å²) >= 11 is 0. The second-order valence-corrected chi connectivity index (χ2v) is 8.21. The molecule has 30 heavy (non-hydrogen) atoms. The van der Waals surface area contributed by atoms with Crippen LogP contribution in [0.4, 0.5) is 0 Å². The monoisotopic (exact) mass is 404 g/mol. The van der Waals surface area contributed by atoms with Crippen LogP contribution in [-0.4, -0.2) is 17.0 Å². The third kappa shape index (κ3) is 4.73. The van der Waals surface area contributed by atoms with Crippen molar-refractivity contribution in [3.8, 4) is 17.4 Å². The molecule has 5 heteroatoms. The molecular formula is C25H28N2O3. The first-order valence-corrected chi connectivity index (χ1v) is 10.5. The number of carbonyl (C=O) groups is 1. The molecule has 1 aliphatic carbocycles. The number of pyridine rings is 1. The van der Waals surface area contributed by atoms with Gasteiger partial charge < -0.3 is 14.8 Å². The van der Waals surface area contributed by atoms with E-state index in [0.717, 1.165) is 33.5 Å². The van der Waals surface area contributed by atoms with Gasteiger partial charge in [0, 0.05) is 18.4 Å². The van der Waals surface area contributed by atoms with E-state index >= 15 is 0 Å². The summed E-state index contributed by atoms with van der Waals surface area (Å²) in [5, 5.41) is 3.91. The summed E-state index contributed by atoms with van der Waals surface area (Å²) in [4.78, 5) is 15.9. The zero-order valence-electron chi connectivity index (χ0n) is 17.9. The van der Waals surface area contributed by atoms with E-state index in [4.69, 9.17) is 9.47 Å². The molecule has 2 unspecified atom stereocenters. The second-order valence-electron chi connectivity index (χ2n) is 8.21. The molecule has 1 amide bonds. The van der Waals surface area contributed by atoms with Crippen LogP contribution in [0.25, 0.3) is 10.9 Å². The van der Waals surface area contributed by atoms with E-state index in [0.29, 0.717) is 11.8 Å². The van der Waals surface area contributed by atoms with Gasteiger partial charge in [-0.1, -0.05) is 6.07 Å².